The van der Waals surface area contributed by atoms with Crippen LogP contribution in [0.5, 0.6) is 0 Å². The lowest BCUT2D eigenvalue weighted by Gasteiger charge is -2.18. The predicted molar refractivity (Wildman–Crippen MR) is 57.5 cm³/mol. The third-order valence-electron chi connectivity index (χ3n) is 2.49. The third-order valence-corrected chi connectivity index (χ3v) is 3.40. The van der Waals surface area contributed by atoms with Gasteiger partial charge in [0.25, 0.3) is 0 Å². The van der Waals surface area contributed by atoms with Crippen LogP contribution in [0.25, 0.3) is 0 Å². The molecule has 4 amide bonds. The summed E-state index contributed by atoms with van der Waals surface area (Å²) < 4.78 is 0. The zero-order valence-electron chi connectivity index (χ0n) is 8.70. The number of carbonyl (C=O) groups is 3. The average Bonchev–Trinajstić information content (AvgIpc) is 2.42. The molecule has 6 heteroatoms. The molecule has 0 aromatic carbocycles. The Hall–Kier alpha value is -0.910. The van der Waals surface area contributed by atoms with Gasteiger partial charge in [-0.15, -0.1) is 0 Å². The molecular formula is C9H13BrN2O3. The predicted octanol–water partition coefficient (Wildman–Crippen LogP) is 0.828. The topological polar surface area (TPSA) is 57.7 Å². The Morgan fingerprint density at radius 1 is 1.27 bits per heavy atom. The summed E-state index contributed by atoms with van der Waals surface area (Å²) in [7, 11) is 1.32. The van der Waals surface area contributed by atoms with Gasteiger partial charge in [-0.25, -0.2) is 4.79 Å². The number of rotatable bonds is 4. The van der Waals surface area contributed by atoms with Gasteiger partial charge in [0.1, 0.15) is 0 Å². The summed E-state index contributed by atoms with van der Waals surface area (Å²) in [5.74, 6) is -1.27. The van der Waals surface area contributed by atoms with Crippen LogP contribution < -0.4 is 0 Å². The Morgan fingerprint density at radius 3 is 2.20 bits per heavy atom. The molecule has 1 atom stereocenters. The molecule has 15 heavy (non-hydrogen) atoms. The lowest BCUT2D eigenvalue weighted by atomic mass is 10.1. The second kappa shape index (κ2) is 4.74. The van der Waals surface area contributed by atoms with Crippen LogP contribution in [-0.4, -0.2) is 46.6 Å². The van der Waals surface area contributed by atoms with Gasteiger partial charge >= 0.3 is 17.8 Å². The molecule has 1 saturated heterocycles. The van der Waals surface area contributed by atoms with Gasteiger partial charge in [-0.3, -0.25) is 19.4 Å². The minimum Gasteiger partial charge on any atom is -0.263 e. The highest BCUT2D eigenvalue weighted by Gasteiger charge is 2.42. The molecule has 1 aliphatic rings. The van der Waals surface area contributed by atoms with Crippen LogP contribution in [0.1, 0.15) is 13.3 Å². The maximum atomic E-state index is 11.5. The van der Waals surface area contributed by atoms with Gasteiger partial charge in [0.05, 0.1) is 0 Å². The van der Waals surface area contributed by atoms with Crippen LogP contribution in [0.2, 0.25) is 0 Å². The lowest BCUT2D eigenvalue weighted by molar-refractivity contribution is -0.143. The van der Waals surface area contributed by atoms with E-state index in [0.29, 0.717) is 11.9 Å². The minimum absolute atomic E-state index is 0.192. The molecule has 0 N–H and O–H groups in total. The van der Waals surface area contributed by atoms with Crippen molar-refractivity contribution in [1.29, 1.82) is 0 Å². The SMILES string of the molecule is CCC(CBr)CN1C(=O)C(=O)N(C)C1=O. The molecule has 0 spiro atoms. The highest BCUT2D eigenvalue weighted by Crippen LogP contribution is 2.15. The smallest absolute Gasteiger partial charge is 0.263 e. The van der Waals surface area contributed by atoms with Gasteiger partial charge in [-0.1, -0.05) is 29.3 Å². The molecule has 1 rings (SSSR count). The summed E-state index contributed by atoms with van der Waals surface area (Å²) in [6.07, 6.45) is 0.847. The molecule has 0 aromatic heterocycles. The van der Waals surface area contributed by atoms with Crippen LogP contribution in [0, 0.1) is 5.92 Å². The van der Waals surface area contributed by atoms with Crippen molar-refractivity contribution in [3.8, 4) is 0 Å². The van der Waals surface area contributed by atoms with Crippen LogP contribution in [-0.2, 0) is 9.59 Å². The van der Waals surface area contributed by atoms with E-state index in [9.17, 15) is 14.4 Å². The van der Waals surface area contributed by atoms with Gasteiger partial charge in [0, 0.05) is 18.9 Å². The molecule has 0 aromatic rings. The summed E-state index contributed by atoms with van der Waals surface area (Å²) >= 11 is 3.31. The molecule has 0 radical (unpaired) electrons. The summed E-state index contributed by atoms with van der Waals surface area (Å²) in [5, 5.41) is 0.707. The van der Waals surface area contributed by atoms with Crippen molar-refractivity contribution in [1.82, 2.24) is 9.80 Å². The van der Waals surface area contributed by atoms with Crippen LogP contribution in [0.4, 0.5) is 4.79 Å². The number of urea groups is 1. The maximum absolute atomic E-state index is 11.5. The standard InChI is InChI=1S/C9H13BrN2O3/c1-3-6(4-10)5-12-8(14)7(13)11(2)9(12)15/h6H,3-5H2,1-2H3. The second-order valence-corrected chi connectivity index (χ2v) is 4.14. The fourth-order valence-electron chi connectivity index (χ4n) is 1.32. The first-order valence-corrected chi connectivity index (χ1v) is 5.84. The first-order chi connectivity index (χ1) is 7.02. The highest BCUT2D eigenvalue weighted by atomic mass is 79.9. The van der Waals surface area contributed by atoms with Crippen molar-refractivity contribution >= 4 is 33.8 Å². The molecule has 5 nitrogen and oxygen atoms in total. The number of amides is 4. The van der Waals surface area contributed by atoms with Crippen LogP contribution in [0.15, 0.2) is 0 Å². The van der Waals surface area contributed by atoms with E-state index < -0.39 is 17.8 Å². The lowest BCUT2D eigenvalue weighted by Crippen LogP contribution is -2.36. The molecule has 1 aliphatic heterocycles. The van der Waals surface area contributed by atoms with Crippen molar-refractivity contribution in [2.45, 2.75) is 13.3 Å². The van der Waals surface area contributed by atoms with Gasteiger partial charge in [0.15, 0.2) is 0 Å². The molecule has 1 heterocycles. The van der Waals surface area contributed by atoms with Gasteiger partial charge in [-0.2, -0.15) is 0 Å². The maximum Gasteiger partial charge on any atom is 0.333 e. The molecule has 1 unspecified atom stereocenters. The molecule has 0 saturated carbocycles. The first-order valence-electron chi connectivity index (χ1n) is 4.72. The van der Waals surface area contributed by atoms with Crippen molar-refractivity contribution in [2.24, 2.45) is 5.92 Å². The Kier molecular flexibility index (Phi) is 3.84. The Morgan fingerprint density at radius 2 is 1.87 bits per heavy atom. The number of hydrogen-bond donors (Lipinski definition) is 0. The monoisotopic (exact) mass is 276 g/mol. The number of likely N-dealkylation sites (N-methyl/N-ethyl adjacent to an activating group) is 1. The fourth-order valence-corrected chi connectivity index (χ4v) is 1.98. The largest absolute Gasteiger partial charge is 0.333 e. The van der Waals surface area contributed by atoms with E-state index in [-0.39, 0.29) is 5.92 Å². The number of hydrogen-bond acceptors (Lipinski definition) is 3. The number of halogens is 1. The van der Waals surface area contributed by atoms with E-state index >= 15 is 0 Å². The van der Waals surface area contributed by atoms with E-state index in [2.05, 4.69) is 15.9 Å². The van der Waals surface area contributed by atoms with Crippen molar-refractivity contribution < 1.29 is 14.4 Å². The highest BCUT2D eigenvalue weighted by molar-refractivity contribution is 9.09. The number of imide groups is 2. The van der Waals surface area contributed by atoms with Crippen LogP contribution in [0.3, 0.4) is 0 Å². The third kappa shape index (κ3) is 2.19. The Bertz CT molecular complexity index is 302. The van der Waals surface area contributed by atoms with Crippen LogP contribution >= 0.6 is 15.9 Å². The molecule has 84 valence electrons. The zero-order valence-corrected chi connectivity index (χ0v) is 10.3. The fraction of sp³-hybridized carbons (Fsp3) is 0.667. The second-order valence-electron chi connectivity index (χ2n) is 3.49. The summed E-state index contributed by atoms with van der Waals surface area (Å²) in [4.78, 5) is 35.9. The van der Waals surface area contributed by atoms with Gasteiger partial charge in [0.2, 0.25) is 0 Å². The normalized spacial score (nSPS) is 19.0. The van der Waals surface area contributed by atoms with Crippen molar-refractivity contribution in [3.05, 3.63) is 0 Å². The number of nitrogens with zero attached hydrogens (tertiary/aromatic N) is 2. The zero-order chi connectivity index (χ0) is 11.6. The number of carbonyl (C=O) groups excluding carboxylic acids is 3. The minimum atomic E-state index is -0.746. The average molecular weight is 277 g/mol. The van der Waals surface area contributed by atoms with E-state index in [1.54, 1.807) is 0 Å². The summed E-state index contributed by atoms with van der Waals surface area (Å²) in [6, 6.07) is -0.524. The molecule has 1 fully saturated rings. The Balaban J connectivity index is 2.74. The number of alkyl halides is 1. The summed E-state index contributed by atoms with van der Waals surface area (Å²) in [5.41, 5.74) is 0. The molecular weight excluding hydrogens is 264 g/mol. The van der Waals surface area contributed by atoms with E-state index in [0.717, 1.165) is 16.2 Å². The summed E-state index contributed by atoms with van der Waals surface area (Å²) in [6.45, 7) is 2.28. The quantitative estimate of drug-likeness (QED) is 0.434. The van der Waals surface area contributed by atoms with E-state index in [1.165, 1.54) is 7.05 Å². The van der Waals surface area contributed by atoms with E-state index in [4.69, 9.17) is 0 Å². The van der Waals surface area contributed by atoms with E-state index in [1.807, 2.05) is 6.92 Å². The molecule has 0 aliphatic carbocycles. The van der Waals surface area contributed by atoms with Crippen molar-refractivity contribution in [2.75, 3.05) is 18.9 Å². The Labute approximate surface area is 96.5 Å². The van der Waals surface area contributed by atoms with Gasteiger partial charge in [-0.05, 0) is 5.92 Å². The molecule has 0 bridgehead atoms. The van der Waals surface area contributed by atoms with Crippen molar-refractivity contribution in [3.63, 3.8) is 0 Å². The first kappa shape index (κ1) is 12.2. The van der Waals surface area contributed by atoms with Gasteiger partial charge < -0.3 is 0 Å².